The second-order valence-electron chi connectivity index (χ2n) is 5.62. The van der Waals surface area contributed by atoms with Crippen molar-refractivity contribution >= 4 is 5.91 Å². The van der Waals surface area contributed by atoms with Crippen molar-refractivity contribution < 1.29 is 9.53 Å². The van der Waals surface area contributed by atoms with Gasteiger partial charge in [-0.3, -0.25) is 4.79 Å². The molecule has 2 rings (SSSR count). The lowest BCUT2D eigenvalue weighted by atomic mass is 10.0. The van der Waals surface area contributed by atoms with Crippen LogP contribution in [0, 0.1) is 11.8 Å². The van der Waals surface area contributed by atoms with Crippen molar-refractivity contribution in [3.63, 3.8) is 0 Å². The van der Waals surface area contributed by atoms with E-state index in [1.807, 2.05) is 7.05 Å². The van der Waals surface area contributed by atoms with Crippen LogP contribution in [0.2, 0.25) is 0 Å². The number of ether oxygens (including phenoxy) is 1. The van der Waals surface area contributed by atoms with E-state index in [2.05, 4.69) is 10.6 Å². The van der Waals surface area contributed by atoms with Crippen LogP contribution in [0.25, 0.3) is 0 Å². The van der Waals surface area contributed by atoms with Crippen LogP contribution in [0.4, 0.5) is 0 Å². The lowest BCUT2D eigenvalue weighted by Crippen LogP contribution is -2.42. The van der Waals surface area contributed by atoms with Gasteiger partial charge in [-0.15, -0.1) is 0 Å². The number of amides is 1. The Balaban J connectivity index is 1.59. The number of carbonyl (C=O) groups is 1. The molecule has 1 heterocycles. The van der Waals surface area contributed by atoms with Gasteiger partial charge in [0.05, 0.1) is 19.1 Å². The number of carbonyl (C=O) groups excluding carboxylic acids is 1. The first-order valence-corrected chi connectivity index (χ1v) is 7.34. The van der Waals surface area contributed by atoms with Gasteiger partial charge < -0.3 is 15.4 Å². The van der Waals surface area contributed by atoms with Crippen molar-refractivity contribution in [1.82, 2.24) is 10.6 Å². The molecule has 1 saturated carbocycles. The van der Waals surface area contributed by atoms with E-state index in [9.17, 15) is 4.79 Å². The van der Waals surface area contributed by atoms with Crippen LogP contribution in [-0.4, -0.2) is 38.8 Å². The first-order valence-electron chi connectivity index (χ1n) is 7.34. The highest BCUT2D eigenvalue weighted by Crippen LogP contribution is 2.28. The minimum absolute atomic E-state index is 0.0125. The summed E-state index contributed by atoms with van der Waals surface area (Å²) in [5.74, 6) is 1.06. The zero-order valence-electron chi connectivity index (χ0n) is 11.4. The minimum atomic E-state index is -0.0125. The Labute approximate surface area is 110 Å². The Hall–Kier alpha value is -0.610. The summed E-state index contributed by atoms with van der Waals surface area (Å²) >= 11 is 0. The van der Waals surface area contributed by atoms with E-state index in [0.717, 1.165) is 18.9 Å². The number of rotatable bonds is 6. The Morgan fingerprint density at radius 2 is 2.06 bits per heavy atom. The van der Waals surface area contributed by atoms with E-state index >= 15 is 0 Å². The minimum Gasteiger partial charge on any atom is -0.379 e. The average molecular weight is 254 g/mol. The molecular formula is C14H26N2O2. The van der Waals surface area contributed by atoms with Crippen molar-refractivity contribution in [1.29, 1.82) is 0 Å². The molecular weight excluding hydrogens is 228 g/mol. The Kier molecular flexibility index (Phi) is 5.45. The van der Waals surface area contributed by atoms with Gasteiger partial charge >= 0.3 is 0 Å². The summed E-state index contributed by atoms with van der Waals surface area (Å²) in [7, 11) is 1.89. The van der Waals surface area contributed by atoms with Crippen LogP contribution >= 0.6 is 0 Å². The Morgan fingerprint density at radius 3 is 2.78 bits per heavy atom. The Bertz CT molecular complexity index is 265. The molecule has 1 saturated heterocycles. The van der Waals surface area contributed by atoms with Gasteiger partial charge in [0.1, 0.15) is 0 Å². The summed E-state index contributed by atoms with van der Waals surface area (Å²) in [6, 6.07) is 0.180. The molecule has 1 aliphatic heterocycles. The highest BCUT2D eigenvalue weighted by molar-refractivity contribution is 5.79. The zero-order chi connectivity index (χ0) is 12.8. The van der Waals surface area contributed by atoms with E-state index in [-0.39, 0.29) is 17.9 Å². The molecule has 2 atom stereocenters. The van der Waals surface area contributed by atoms with E-state index in [1.54, 1.807) is 0 Å². The normalized spacial score (nSPS) is 28.7. The van der Waals surface area contributed by atoms with E-state index < -0.39 is 0 Å². The summed E-state index contributed by atoms with van der Waals surface area (Å²) in [5, 5.41) is 6.20. The van der Waals surface area contributed by atoms with Crippen molar-refractivity contribution in [2.45, 2.75) is 44.6 Å². The van der Waals surface area contributed by atoms with E-state index in [1.165, 1.54) is 32.1 Å². The fourth-order valence-electron chi connectivity index (χ4n) is 3.13. The zero-order valence-corrected chi connectivity index (χ0v) is 11.4. The van der Waals surface area contributed by atoms with Gasteiger partial charge in [0.15, 0.2) is 0 Å². The molecule has 1 aliphatic carbocycles. The van der Waals surface area contributed by atoms with Gasteiger partial charge in [-0.2, -0.15) is 0 Å². The first-order chi connectivity index (χ1) is 8.81. The lowest BCUT2D eigenvalue weighted by Gasteiger charge is -2.16. The average Bonchev–Trinajstić information content (AvgIpc) is 3.04. The van der Waals surface area contributed by atoms with Gasteiger partial charge in [0.25, 0.3) is 0 Å². The molecule has 0 aromatic carbocycles. The summed E-state index contributed by atoms with van der Waals surface area (Å²) in [5.41, 5.74) is 0. The molecule has 2 N–H and O–H groups in total. The molecule has 0 radical (unpaired) electrons. The third-order valence-electron chi connectivity index (χ3n) is 4.35. The standard InChI is InChI=1S/C14H26N2O2/c1-15-13-10-18-9-12(13)14(17)16-8-4-7-11-5-2-3-6-11/h11-13,15H,2-10H2,1H3,(H,16,17). The van der Waals surface area contributed by atoms with Gasteiger partial charge in [0.2, 0.25) is 5.91 Å². The summed E-state index contributed by atoms with van der Waals surface area (Å²) in [6.07, 6.45) is 7.99. The monoisotopic (exact) mass is 254 g/mol. The molecule has 0 aromatic rings. The molecule has 18 heavy (non-hydrogen) atoms. The second-order valence-corrected chi connectivity index (χ2v) is 5.62. The Morgan fingerprint density at radius 1 is 1.28 bits per heavy atom. The van der Waals surface area contributed by atoms with Gasteiger partial charge in [-0.05, 0) is 25.8 Å². The number of likely N-dealkylation sites (N-methyl/N-ethyl adjacent to an activating group) is 1. The number of nitrogens with one attached hydrogen (secondary N) is 2. The smallest absolute Gasteiger partial charge is 0.227 e. The quantitative estimate of drug-likeness (QED) is 0.703. The number of hydrogen-bond donors (Lipinski definition) is 2. The van der Waals surface area contributed by atoms with Gasteiger partial charge in [-0.25, -0.2) is 0 Å². The van der Waals surface area contributed by atoms with Crippen LogP contribution in [0.3, 0.4) is 0 Å². The van der Waals surface area contributed by atoms with Gasteiger partial charge in [-0.1, -0.05) is 25.7 Å². The van der Waals surface area contributed by atoms with Crippen LogP contribution in [-0.2, 0) is 9.53 Å². The largest absolute Gasteiger partial charge is 0.379 e. The molecule has 0 aromatic heterocycles. The predicted octanol–water partition coefficient (Wildman–Crippen LogP) is 1.31. The van der Waals surface area contributed by atoms with Gasteiger partial charge in [0, 0.05) is 12.6 Å². The van der Waals surface area contributed by atoms with Crippen molar-refractivity contribution in [3.8, 4) is 0 Å². The van der Waals surface area contributed by atoms with Crippen LogP contribution in [0.1, 0.15) is 38.5 Å². The van der Waals surface area contributed by atoms with Crippen molar-refractivity contribution in [2.24, 2.45) is 11.8 Å². The van der Waals surface area contributed by atoms with Crippen LogP contribution < -0.4 is 10.6 Å². The molecule has 4 nitrogen and oxygen atoms in total. The maximum Gasteiger partial charge on any atom is 0.227 e. The number of hydrogen-bond acceptors (Lipinski definition) is 3. The van der Waals surface area contributed by atoms with Crippen LogP contribution in [0.5, 0.6) is 0 Å². The molecule has 2 fully saturated rings. The van der Waals surface area contributed by atoms with Crippen molar-refractivity contribution in [2.75, 3.05) is 26.8 Å². The van der Waals surface area contributed by atoms with Crippen LogP contribution in [0.15, 0.2) is 0 Å². The highest BCUT2D eigenvalue weighted by atomic mass is 16.5. The molecule has 4 heteroatoms. The maximum atomic E-state index is 12.0. The molecule has 0 spiro atoms. The summed E-state index contributed by atoms with van der Waals surface area (Å²) in [4.78, 5) is 12.0. The third kappa shape index (κ3) is 3.69. The fraction of sp³-hybridized carbons (Fsp3) is 0.929. The maximum absolute atomic E-state index is 12.0. The highest BCUT2D eigenvalue weighted by Gasteiger charge is 2.32. The summed E-state index contributed by atoms with van der Waals surface area (Å²) in [6.45, 7) is 2.03. The fourth-order valence-corrected chi connectivity index (χ4v) is 3.13. The molecule has 2 aliphatic rings. The first kappa shape index (κ1) is 13.8. The predicted molar refractivity (Wildman–Crippen MR) is 71.4 cm³/mol. The molecule has 1 amide bonds. The van der Waals surface area contributed by atoms with E-state index in [4.69, 9.17) is 4.74 Å². The lowest BCUT2D eigenvalue weighted by molar-refractivity contribution is -0.125. The van der Waals surface area contributed by atoms with E-state index in [0.29, 0.717) is 13.2 Å². The third-order valence-corrected chi connectivity index (χ3v) is 4.35. The van der Waals surface area contributed by atoms with Crippen molar-refractivity contribution in [3.05, 3.63) is 0 Å². The molecule has 104 valence electrons. The topological polar surface area (TPSA) is 50.4 Å². The summed E-state index contributed by atoms with van der Waals surface area (Å²) < 4.78 is 5.35. The molecule has 2 unspecified atom stereocenters. The second kappa shape index (κ2) is 7.10. The molecule has 0 bridgehead atoms. The SMILES string of the molecule is CNC1COCC1C(=O)NCCCC1CCCC1.